The molecule has 0 aromatic heterocycles. The average molecular weight is 342 g/mol. The number of hydrogen-bond acceptors (Lipinski definition) is 4. The van der Waals surface area contributed by atoms with E-state index in [2.05, 4.69) is 28.0 Å². The lowest BCUT2D eigenvalue weighted by molar-refractivity contribution is -0.231. The van der Waals surface area contributed by atoms with E-state index < -0.39 is 0 Å². The van der Waals surface area contributed by atoms with E-state index in [0.717, 1.165) is 37.7 Å². The summed E-state index contributed by atoms with van der Waals surface area (Å²) in [6.45, 7) is 5.29. The number of nitrogens with zero attached hydrogens (tertiary/aromatic N) is 2. The summed E-state index contributed by atoms with van der Waals surface area (Å²) in [4.78, 5) is 5.15. The molecule has 0 bridgehead atoms. The number of fused-ring (bicyclic) bond motifs is 1. The lowest BCUT2D eigenvalue weighted by Gasteiger charge is -2.47. The van der Waals surface area contributed by atoms with E-state index in [0.29, 0.717) is 6.61 Å². The Morgan fingerprint density at radius 2 is 1.72 bits per heavy atom. The maximum atomic E-state index is 6.42. The highest BCUT2D eigenvalue weighted by atomic mass is 16.7. The van der Waals surface area contributed by atoms with Crippen LogP contribution in [0.1, 0.15) is 56.9 Å². The number of ether oxygens (including phenoxy) is 2. The van der Waals surface area contributed by atoms with Gasteiger partial charge < -0.3 is 14.4 Å². The molecule has 0 unspecified atom stereocenters. The fourth-order valence-corrected chi connectivity index (χ4v) is 4.79. The molecule has 1 aromatic rings. The molecule has 1 aliphatic carbocycles. The van der Waals surface area contributed by atoms with Crippen molar-refractivity contribution in [1.29, 1.82) is 0 Å². The van der Waals surface area contributed by atoms with E-state index in [4.69, 9.17) is 9.47 Å². The second-order valence-corrected chi connectivity index (χ2v) is 8.26. The van der Waals surface area contributed by atoms with Crippen LogP contribution >= 0.6 is 0 Å². The molecule has 3 heterocycles. The van der Waals surface area contributed by atoms with Gasteiger partial charge >= 0.3 is 0 Å². The third-order valence-electron chi connectivity index (χ3n) is 6.70. The van der Waals surface area contributed by atoms with Crippen LogP contribution in [0, 0.1) is 0 Å². The van der Waals surface area contributed by atoms with Crippen LogP contribution in [-0.2, 0) is 11.3 Å². The van der Waals surface area contributed by atoms with Crippen molar-refractivity contribution in [2.45, 2.75) is 69.8 Å². The van der Waals surface area contributed by atoms with Gasteiger partial charge in [0.05, 0.1) is 6.61 Å². The van der Waals surface area contributed by atoms with Crippen molar-refractivity contribution in [2.24, 2.45) is 0 Å². The van der Waals surface area contributed by atoms with Gasteiger partial charge in [-0.15, -0.1) is 0 Å². The molecule has 0 atom stereocenters. The molecule has 3 fully saturated rings. The van der Waals surface area contributed by atoms with E-state index in [1.807, 2.05) is 0 Å². The fraction of sp³-hybridized carbons (Fsp3) is 0.714. The highest BCUT2D eigenvalue weighted by molar-refractivity contribution is 5.53. The first kappa shape index (κ1) is 16.0. The van der Waals surface area contributed by atoms with Crippen molar-refractivity contribution in [3.05, 3.63) is 23.8 Å². The van der Waals surface area contributed by atoms with Gasteiger partial charge in [-0.1, -0.05) is 6.42 Å². The highest BCUT2D eigenvalue weighted by Gasteiger charge is 2.42. The summed E-state index contributed by atoms with van der Waals surface area (Å²) in [6.07, 6.45) is 10.2. The molecule has 4 nitrogen and oxygen atoms in total. The van der Waals surface area contributed by atoms with Gasteiger partial charge in [-0.2, -0.15) is 0 Å². The highest BCUT2D eigenvalue weighted by Crippen LogP contribution is 2.40. The van der Waals surface area contributed by atoms with E-state index in [1.165, 1.54) is 62.9 Å². The first-order chi connectivity index (χ1) is 12.3. The van der Waals surface area contributed by atoms with Crippen LogP contribution in [0.2, 0.25) is 0 Å². The number of hydrogen-bond donors (Lipinski definition) is 0. The van der Waals surface area contributed by atoms with E-state index >= 15 is 0 Å². The van der Waals surface area contributed by atoms with Crippen LogP contribution in [0.25, 0.3) is 0 Å². The van der Waals surface area contributed by atoms with E-state index in [-0.39, 0.29) is 5.79 Å². The summed E-state index contributed by atoms with van der Waals surface area (Å²) in [5, 5.41) is 0. The summed E-state index contributed by atoms with van der Waals surface area (Å²) >= 11 is 0. The molecule has 25 heavy (non-hydrogen) atoms. The van der Waals surface area contributed by atoms with Gasteiger partial charge in [-0.25, -0.2) is 0 Å². The molecule has 1 spiro atoms. The monoisotopic (exact) mass is 342 g/mol. The van der Waals surface area contributed by atoms with Gasteiger partial charge in [0.1, 0.15) is 5.75 Å². The average Bonchev–Trinajstić information content (AvgIpc) is 2.63. The van der Waals surface area contributed by atoms with Gasteiger partial charge in [-0.3, -0.25) is 4.90 Å². The van der Waals surface area contributed by atoms with Gasteiger partial charge in [0.2, 0.25) is 5.79 Å². The number of rotatable bonds is 2. The Hall–Kier alpha value is -1.26. The van der Waals surface area contributed by atoms with Crippen LogP contribution in [0.3, 0.4) is 0 Å². The molecule has 5 rings (SSSR count). The summed E-state index contributed by atoms with van der Waals surface area (Å²) in [7, 11) is 0. The molecule has 0 radical (unpaired) electrons. The zero-order chi connectivity index (χ0) is 16.7. The molecule has 3 aliphatic heterocycles. The second-order valence-electron chi connectivity index (χ2n) is 8.26. The number of piperidine rings is 2. The standard InChI is InChI=1S/C21H30N2O2/c1-2-11-22(12-3-1)19-7-8-20-17(15-19)16-24-21(25-20)9-13-23(14-10-21)18-5-4-6-18/h7-8,15,18H,1-6,9-14,16H2. The summed E-state index contributed by atoms with van der Waals surface area (Å²) in [6, 6.07) is 7.55. The molecule has 1 aromatic carbocycles. The molecule has 4 aliphatic rings. The topological polar surface area (TPSA) is 24.9 Å². The third kappa shape index (κ3) is 3.04. The molecule has 2 saturated heterocycles. The minimum atomic E-state index is -0.375. The summed E-state index contributed by atoms with van der Waals surface area (Å²) in [5.41, 5.74) is 2.55. The normalized spacial score (nSPS) is 26.8. The van der Waals surface area contributed by atoms with Gasteiger partial charge in [0, 0.05) is 56.3 Å². The zero-order valence-corrected chi connectivity index (χ0v) is 15.2. The molecule has 0 amide bonds. The van der Waals surface area contributed by atoms with Crippen molar-refractivity contribution in [2.75, 3.05) is 31.1 Å². The van der Waals surface area contributed by atoms with E-state index in [1.54, 1.807) is 0 Å². The predicted molar refractivity (Wildman–Crippen MR) is 99.1 cm³/mol. The van der Waals surface area contributed by atoms with E-state index in [9.17, 15) is 0 Å². The maximum Gasteiger partial charge on any atom is 0.213 e. The van der Waals surface area contributed by atoms with Crippen LogP contribution in [0.15, 0.2) is 18.2 Å². The minimum Gasteiger partial charge on any atom is -0.462 e. The largest absolute Gasteiger partial charge is 0.462 e. The Balaban J connectivity index is 1.27. The molecule has 4 heteroatoms. The predicted octanol–water partition coefficient (Wildman–Crippen LogP) is 3.93. The zero-order valence-electron chi connectivity index (χ0n) is 15.2. The SMILES string of the molecule is c1cc2c(cc1N1CCCCC1)COC1(CCN(C3CCC3)CC1)O2. The first-order valence-corrected chi connectivity index (χ1v) is 10.3. The molecule has 0 N–H and O–H groups in total. The Morgan fingerprint density at radius 3 is 2.44 bits per heavy atom. The second kappa shape index (κ2) is 6.48. The Kier molecular flexibility index (Phi) is 4.13. The molecular weight excluding hydrogens is 312 g/mol. The van der Waals surface area contributed by atoms with Crippen LogP contribution < -0.4 is 9.64 Å². The van der Waals surface area contributed by atoms with Gasteiger partial charge in [0.15, 0.2) is 0 Å². The fourth-order valence-electron chi connectivity index (χ4n) is 4.79. The summed E-state index contributed by atoms with van der Waals surface area (Å²) < 4.78 is 12.7. The number of likely N-dealkylation sites (tertiary alicyclic amines) is 1. The van der Waals surface area contributed by atoms with Crippen molar-refractivity contribution < 1.29 is 9.47 Å². The van der Waals surface area contributed by atoms with Gasteiger partial charge in [0.25, 0.3) is 0 Å². The Labute approximate surface area is 151 Å². The molecular formula is C21H30N2O2. The Bertz CT molecular complexity index is 614. The van der Waals surface area contributed by atoms with Crippen molar-refractivity contribution in [3.63, 3.8) is 0 Å². The summed E-state index contributed by atoms with van der Waals surface area (Å²) in [5.74, 6) is 0.670. The lowest BCUT2D eigenvalue weighted by atomic mass is 9.89. The van der Waals surface area contributed by atoms with Crippen molar-refractivity contribution in [3.8, 4) is 5.75 Å². The first-order valence-electron chi connectivity index (χ1n) is 10.3. The third-order valence-corrected chi connectivity index (χ3v) is 6.70. The van der Waals surface area contributed by atoms with Crippen LogP contribution in [0.4, 0.5) is 5.69 Å². The van der Waals surface area contributed by atoms with Gasteiger partial charge in [-0.05, 0) is 50.3 Å². The Morgan fingerprint density at radius 1 is 0.920 bits per heavy atom. The molecule has 1 saturated carbocycles. The van der Waals surface area contributed by atoms with Crippen LogP contribution in [0.5, 0.6) is 5.75 Å². The molecule has 136 valence electrons. The number of benzene rings is 1. The van der Waals surface area contributed by atoms with Crippen LogP contribution in [-0.4, -0.2) is 42.9 Å². The number of anilines is 1. The quantitative estimate of drug-likeness (QED) is 0.813. The lowest BCUT2D eigenvalue weighted by Crippen LogP contribution is -2.54. The maximum absolute atomic E-state index is 6.42. The minimum absolute atomic E-state index is 0.375. The van der Waals surface area contributed by atoms with Crippen molar-refractivity contribution >= 4 is 5.69 Å². The smallest absolute Gasteiger partial charge is 0.213 e. The van der Waals surface area contributed by atoms with Crippen molar-refractivity contribution in [1.82, 2.24) is 4.90 Å².